The molecule has 124 valence electrons. The molecule has 7 heteroatoms. The highest BCUT2D eigenvalue weighted by molar-refractivity contribution is 5.82. The Hall–Kier alpha value is -3.35. The standard InChI is InChI=1S/C18H17N7/c1-13-21-17(20-11-15-8-5-9-19-10-15)16-18(22-13)25(24-23-16)12-14-6-3-2-4-7-14/h2-10H,11-12H2,1H3,(H,20,21,22). The number of pyridine rings is 1. The van der Waals surface area contributed by atoms with E-state index < -0.39 is 0 Å². The molecule has 0 bridgehead atoms. The summed E-state index contributed by atoms with van der Waals surface area (Å²) in [5, 5.41) is 11.9. The molecule has 1 aromatic carbocycles. The first-order valence-electron chi connectivity index (χ1n) is 8.04. The van der Waals surface area contributed by atoms with Crippen LogP contribution in [0.1, 0.15) is 17.0 Å². The molecule has 3 heterocycles. The highest BCUT2D eigenvalue weighted by Crippen LogP contribution is 2.19. The molecule has 7 nitrogen and oxygen atoms in total. The number of nitrogens with zero attached hydrogens (tertiary/aromatic N) is 6. The second-order valence-corrected chi connectivity index (χ2v) is 5.74. The molecule has 0 saturated carbocycles. The number of rotatable bonds is 5. The van der Waals surface area contributed by atoms with Crippen LogP contribution in [0.25, 0.3) is 11.2 Å². The normalized spacial score (nSPS) is 10.9. The van der Waals surface area contributed by atoms with E-state index in [1.165, 1.54) is 0 Å². The Morgan fingerprint density at radius 3 is 2.64 bits per heavy atom. The lowest BCUT2D eigenvalue weighted by Crippen LogP contribution is -2.06. The molecule has 0 amide bonds. The second-order valence-electron chi connectivity index (χ2n) is 5.74. The van der Waals surface area contributed by atoms with E-state index in [-0.39, 0.29) is 0 Å². The summed E-state index contributed by atoms with van der Waals surface area (Å²) in [4.78, 5) is 13.1. The molecule has 0 aliphatic carbocycles. The molecular formula is C18H17N7. The van der Waals surface area contributed by atoms with Crippen molar-refractivity contribution in [2.24, 2.45) is 0 Å². The number of benzene rings is 1. The Balaban J connectivity index is 1.64. The van der Waals surface area contributed by atoms with Crippen LogP contribution in [-0.2, 0) is 13.1 Å². The van der Waals surface area contributed by atoms with Crippen molar-refractivity contribution >= 4 is 17.0 Å². The number of hydrogen-bond acceptors (Lipinski definition) is 6. The van der Waals surface area contributed by atoms with E-state index in [1.54, 1.807) is 10.9 Å². The van der Waals surface area contributed by atoms with Gasteiger partial charge in [-0.3, -0.25) is 4.98 Å². The second kappa shape index (κ2) is 6.64. The Kier molecular flexibility index (Phi) is 4.04. The average Bonchev–Trinajstić information content (AvgIpc) is 3.04. The summed E-state index contributed by atoms with van der Waals surface area (Å²) in [6.45, 7) is 3.11. The predicted molar refractivity (Wildman–Crippen MR) is 95.0 cm³/mol. The van der Waals surface area contributed by atoms with Gasteiger partial charge in [0.1, 0.15) is 5.82 Å². The first-order chi connectivity index (χ1) is 12.3. The topological polar surface area (TPSA) is 81.4 Å². The first-order valence-corrected chi connectivity index (χ1v) is 8.04. The Morgan fingerprint density at radius 2 is 1.84 bits per heavy atom. The van der Waals surface area contributed by atoms with Gasteiger partial charge in [-0.05, 0) is 24.1 Å². The molecule has 0 fully saturated rings. The number of aromatic nitrogens is 6. The smallest absolute Gasteiger partial charge is 0.184 e. The lowest BCUT2D eigenvalue weighted by atomic mass is 10.2. The lowest BCUT2D eigenvalue weighted by Gasteiger charge is -2.07. The minimum absolute atomic E-state index is 0.616. The van der Waals surface area contributed by atoms with Crippen LogP contribution >= 0.6 is 0 Å². The molecule has 0 aliphatic heterocycles. The molecule has 0 aliphatic rings. The summed E-state index contributed by atoms with van der Waals surface area (Å²) in [6.07, 6.45) is 3.58. The highest BCUT2D eigenvalue weighted by Gasteiger charge is 2.13. The molecular weight excluding hydrogens is 314 g/mol. The van der Waals surface area contributed by atoms with E-state index in [2.05, 4.69) is 42.7 Å². The Morgan fingerprint density at radius 1 is 1.00 bits per heavy atom. The predicted octanol–water partition coefficient (Wildman–Crippen LogP) is 2.59. The van der Waals surface area contributed by atoms with Crippen LogP contribution in [0.15, 0.2) is 54.9 Å². The zero-order valence-electron chi connectivity index (χ0n) is 13.8. The molecule has 1 N–H and O–H groups in total. The Labute approximate surface area is 144 Å². The van der Waals surface area contributed by atoms with Crippen LogP contribution in [0.5, 0.6) is 0 Å². The quantitative estimate of drug-likeness (QED) is 0.605. The summed E-state index contributed by atoms with van der Waals surface area (Å²) in [5.74, 6) is 1.36. The molecule has 4 rings (SSSR count). The van der Waals surface area contributed by atoms with Crippen LogP contribution in [0.4, 0.5) is 5.82 Å². The van der Waals surface area contributed by atoms with E-state index in [0.717, 1.165) is 16.8 Å². The number of anilines is 1. The molecule has 4 aromatic rings. The third-order valence-electron chi connectivity index (χ3n) is 3.83. The van der Waals surface area contributed by atoms with Gasteiger partial charge in [-0.2, -0.15) is 0 Å². The van der Waals surface area contributed by atoms with Crippen LogP contribution in [0, 0.1) is 6.92 Å². The van der Waals surface area contributed by atoms with Crippen molar-refractivity contribution in [2.75, 3.05) is 5.32 Å². The SMILES string of the molecule is Cc1nc(NCc2cccnc2)c2nnn(Cc3ccccc3)c2n1. The van der Waals surface area contributed by atoms with Crippen molar-refractivity contribution in [3.8, 4) is 0 Å². The van der Waals surface area contributed by atoms with Gasteiger partial charge < -0.3 is 5.32 Å². The van der Waals surface area contributed by atoms with Gasteiger partial charge in [0.15, 0.2) is 17.0 Å². The average molecular weight is 331 g/mol. The van der Waals surface area contributed by atoms with E-state index in [4.69, 9.17) is 0 Å². The summed E-state index contributed by atoms with van der Waals surface area (Å²) < 4.78 is 1.80. The molecule has 0 spiro atoms. The van der Waals surface area contributed by atoms with Gasteiger partial charge in [-0.15, -0.1) is 5.10 Å². The van der Waals surface area contributed by atoms with Crippen LogP contribution in [0.2, 0.25) is 0 Å². The van der Waals surface area contributed by atoms with Gasteiger partial charge in [-0.1, -0.05) is 41.6 Å². The third-order valence-corrected chi connectivity index (χ3v) is 3.83. The molecule has 25 heavy (non-hydrogen) atoms. The molecule has 3 aromatic heterocycles. The maximum atomic E-state index is 4.52. The van der Waals surface area contributed by atoms with Crippen LogP contribution in [-0.4, -0.2) is 29.9 Å². The lowest BCUT2D eigenvalue weighted by molar-refractivity contribution is 0.663. The summed E-state index contributed by atoms with van der Waals surface area (Å²) >= 11 is 0. The van der Waals surface area contributed by atoms with Crippen molar-refractivity contribution in [1.82, 2.24) is 29.9 Å². The zero-order chi connectivity index (χ0) is 17.1. The number of aryl methyl sites for hydroxylation is 1. The van der Waals surface area contributed by atoms with Gasteiger partial charge in [0.25, 0.3) is 0 Å². The van der Waals surface area contributed by atoms with E-state index in [9.17, 15) is 0 Å². The Bertz CT molecular complexity index is 980. The fraction of sp³-hybridized carbons (Fsp3) is 0.167. The van der Waals surface area contributed by atoms with Crippen LogP contribution in [0.3, 0.4) is 0 Å². The molecule has 0 unspecified atom stereocenters. The maximum Gasteiger partial charge on any atom is 0.184 e. The van der Waals surface area contributed by atoms with Gasteiger partial charge in [0.2, 0.25) is 0 Å². The molecule has 0 radical (unpaired) electrons. The van der Waals surface area contributed by atoms with Crippen molar-refractivity contribution in [3.63, 3.8) is 0 Å². The van der Waals surface area contributed by atoms with Gasteiger partial charge in [0.05, 0.1) is 6.54 Å². The van der Waals surface area contributed by atoms with Gasteiger partial charge in [-0.25, -0.2) is 14.6 Å². The van der Waals surface area contributed by atoms with Crippen molar-refractivity contribution in [1.29, 1.82) is 0 Å². The number of nitrogens with one attached hydrogen (secondary N) is 1. The van der Waals surface area contributed by atoms with E-state index in [1.807, 2.05) is 43.5 Å². The maximum absolute atomic E-state index is 4.52. The zero-order valence-corrected chi connectivity index (χ0v) is 13.8. The van der Waals surface area contributed by atoms with Crippen molar-refractivity contribution in [2.45, 2.75) is 20.0 Å². The summed E-state index contributed by atoms with van der Waals surface area (Å²) in [7, 11) is 0. The monoisotopic (exact) mass is 331 g/mol. The summed E-state index contributed by atoms with van der Waals surface area (Å²) in [6, 6.07) is 14.1. The van der Waals surface area contributed by atoms with Gasteiger partial charge >= 0.3 is 0 Å². The highest BCUT2D eigenvalue weighted by atomic mass is 15.4. The van der Waals surface area contributed by atoms with Crippen LogP contribution < -0.4 is 5.32 Å². The first kappa shape index (κ1) is 15.2. The molecule has 0 saturated heterocycles. The minimum atomic E-state index is 0.616. The number of hydrogen-bond donors (Lipinski definition) is 1. The van der Waals surface area contributed by atoms with E-state index >= 15 is 0 Å². The van der Waals surface area contributed by atoms with Crippen molar-refractivity contribution < 1.29 is 0 Å². The van der Waals surface area contributed by atoms with Gasteiger partial charge in [0, 0.05) is 18.9 Å². The molecule has 0 atom stereocenters. The number of fused-ring (bicyclic) bond motifs is 1. The summed E-state index contributed by atoms with van der Waals surface area (Å²) in [5.41, 5.74) is 3.62. The third kappa shape index (κ3) is 3.30. The minimum Gasteiger partial charge on any atom is -0.364 e. The largest absolute Gasteiger partial charge is 0.364 e. The fourth-order valence-corrected chi connectivity index (χ4v) is 2.64. The van der Waals surface area contributed by atoms with Crippen molar-refractivity contribution in [3.05, 3.63) is 71.8 Å². The van der Waals surface area contributed by atoms with E-state index in [0.29, 0.717) is 30.2 Å². The fourth-order valence-electron chi connectivity index (χ4n) is 2.64.